The highest BCUT2D eigenvalue weighted by Crippen LogP contribution is 2.30. The molecule has 0 fully saturated rings. The van der Waals surface area contributed by atoms with E-state index in [9.17, 15) is 4.79 Å². The highest BCUT2D eigenvalue weighted by atomic mass is 35.5. The summed E-state index contributed by atoms with van der Waals surface area (Å²) in [6.07, 6.45) is 0.442. The van der Waals surface area contributed by atoms with Gasteiger partial charge in [-0.1, -0.05) is 41.9 Å². The van der Waals surface area contributed by atoms with Gasteiger partial charge in [0.05, 0.1) is 12.8 Å². The third kappa shape index (κ3) is 5.48. The van der Waals surface area contributed by atoms with Crippen molar-refractivity contribution in [3.8, 4) is 5.75 Å². The standard InChI is InChI=1S/C18H20ClNO2S/c1-13(14-6-4-3-5-7-14)23-11-10-18(21)20-16-12-15(19)8-9-17(16)22-2/h3-9,12-13H,10-11H2,1-2H3,(H,20,21)/t13-/m0/s1. The molecule has 3 nitrogen and oxygen atoms in total. The maximum absolute atomic E-state index is 12.1. The highest BCUT2D eigenvalue weighted by molar-refractivity contribution is 7.99. The number of hydrogen-bond donors (Lipinski definition) is 1. The van der Waals surface area contributed by atoms with Gasteiger partial charge in [0.1, 0.15) is 5.75 Å². The topological polar surface area (TPSA) is 38.3 Å². The number of rotatable bonds is 7. The first kappa shape index (κ1) is 17.7. The Hall–Kier alpha value is -1.65. The minimum absolute atomic E-state index is 0.0432. The molecule has 1 atom stereocenters. The van der Waals surface area contributed by atoms with E-state index in [0.717, 1.165) is 5.75 Å². The van der Waals surface area contributed by atoms with Crippen LogP contribution in [0.3, 0.4) is 0 Å². The van der Waals surface area contributed by atoms with Gasteiger partial charge in [-0.25, -0.2) is 0 Å². The first-order chi connectivity index (χ1) is 11.1. The van der Waals surface area contributed by atoms with Gasteiger partial charge in [-0.05, 0) is 30.7 Å². The van der Waals surface area contributed by atoms with Gasteiger partial charge < -0.3 is 10.1 Å². The highest BCUT2D eigenvalue weighted by Gasteiger charge is 2.10. The van der Waals surface area contributed by atoms with Crippen molar-refractivity contribution in [3.63, 3.8) is 0 Å². The van der Waals surface area contributed by atoms with Gasteiger partial charge in [0.15, 0.2) is 0 Å². The molecule has 23 heavy (non-hydrogen) atoms. The number of thioether (sulfide) groups is 1. The third-order valence-electron chi connectivity index (χ3n) is 3.40. The molecule has 2 aromatic carbocycles. The summed E-state index contributed by atoms with van der Waals surface area (Å²) in [6, 6.07) is 15.4. The first-order valence-electron chi connectivity index (χ1n) is 7.40. The number of benzene rings is 2. The lowest BCUT2D eigenvalue weighted by Gasteiger charge is -2.12. The molecule has 0 saturated heterocycles. The van der Waals surface area contributed by atoms with E-state index < -0.39 is 0 Å². The van der Waals surface area contributed by atoms with Crippen LogP contribution in [0.4, 0.5) is 5.69 Å². The van der Waals surface area contributed by atoms with Crippen molar-refractivity contribution < 1.29 is 9.53 Å². The van der Waals surface area contributed by atoms with Crippen molar-refractivity contribution >= 4 is 35.0 Å². The largest absolute Gasteiger partial charge is 0.495 e. The molecule has 0 aliphatic carbocycles. The molecule has 122 valence electrons. The smallest absolute Gasteiger partial charge is 0.225 e. The van der Waals surface area contributed by atoms with Crippen molar-refractivity contribution in [3.05, 3.63) is 59.1 Å². The second-order valence-corrected chi connectivity index (χ2v) is 6.95. The zero-order valence-corrected chi connectivity index (χ0v) is 14.8. The maximum atomic E-state index is 12.1. The van der Waals surface area contributed by atoms with Crippen molar-refractivity contribution in [1.29, 1.82) is 0 Å². The number of anilines is 1. The van der Waals surface area contributed by atoms with Crippen molar-refractivity contribution in [2.75, 3.05) is 18.2 Å². The van der Waals surface area contributed by atoms with E-state index in [4.69, 9.17) is 16.3 Å². The van der Waals surface area contributed by atoms with Crippen LogP contribution in [0.1, 0.15) is 24.2 Å². The molecule has 2 aromatic rings. The second-order valence-electron chi connectivity index (χ2n) is 5.07. The van der Waals surface area contributed by atoms with E-state index >= 15 is 0 Å². The first-order valence-corrected chi connectivity index (χ1v) is 8.82. The molecular formula is C18H20ClNO2S. The molecule has 0 unspecified atom stereocenters. The number of carbonyl (C=O) groups is 1. The van der Waals surface area contributed by atoms with Crippen LogP contribution in [-0.4, -0.2) is 18.8 Å². The van der Waals surface area contributed by atoms with E-state index in [2.05, 4.69) is 24.4 Å². The number of halogens is 1. The van der Waals surface area contributed by atoms with Crippen molar-refractivity contribution in [1.82, 2.24) is 0 Å². The molecule has 0 aliphatic heterocycles. The van der Waals surface area contributed by atoms with E-state index in [0.29, 0.717) is 28.1 Å². The van der Waals surface area contributed by atoms with Crippen molar-refractivity contribution in [2.24, 2.45) is 0 Å². The summed E-state index contributed by atoms with van der Waals surface area (Å²) in [5, 5.41) is 3.78. The zero-order chi connectivity index (χ0) is 16.7. The lowest BCUT2D eigenvalue weighted by molar-refractivity contribution is -0.115. The fourth-order valence-electron chi connectivity index (χ4n) is 2.14. The summed E-state index contributed by atoms with van der Waals surface area (Å²) >= 11 is 7.72. The van der Waals surface area contributed by atoms with Crippen LogP contribution in [0.2, 0.25) is 5.02 Å². The van der Waals surface area contributed by atoms with Gasteiger partial charge in [-0.15, -0.1) is 0 Å². The number of hydrogen-bond acceptors (Lipinski definition) is 3. The minimum Gasteiger partial charge on any atom is -0.495 e. The van der Waals surface area contributed by atoms with E-state index in [1.54, 1.807) is 37.1 Å². The Kier molecular flexibility index (Phi) is 6.81. The summed E-state index contributed by atoms with van der Waals surface area (Å²) in [5.74, 6) is 1.32. The average Bonchev–Trinajstić information content (AvgIpc) is 2.56. The Morgan fingerprint density at radius 3 is 2.70 bits per heavy atom. The van der Waals surface area contributed by atoms with E-state index in [1.165, 1.54) is 5.56 Å². The minimum atomic E-state index is -0.0432. The summed E-state index contributed by atoms with van der Waals surface area (Å²) in [7, 11) is 1.57. The van der Waals surface area contributed by atoms with Crippen LogP contribution in [0.15, 0.2) is 48.5 Å². The van der Waals surface area contributed by atoms with Crippen LogP contribution in [0.25, 0.3) is 0 Å². The van der Waals surface area contributed by atoms with E-state index in [1.807, 2.05) is 18.2 Å². The second kappa shape index (κ2) is 8.85. The fourth-order valence-corrected chi connectivity index (χ4v) is 3.32. The van der Waals surface area contributed by atoms with Gasteiger partial charge in [-0.3, -0.25) is 4.79 Å². The van der Waals surface area contributed by atoms with Gasteiger partial charge in [-0.2, -0.15) is 11.8 Å². The Morgan fingerprint density at radius 2 is 2.00 bits per heavy atom. The Labute approximate surface area is 146 Å². The monoisotopic (exact) mass is 349 g/mol. The lowest BCUT2D eigenvalue weighted by Crippen LogP contribution is -2.13. The molecule has 0 bridgehead atoms. The van der Waals surface area contributed by atoms with Gasteiger partial charge in [0, 0.05) is 22.4 Å². The van der Waals surface area contributed by atoms with Crippen LogP contribution < -0.4 is 10.1 Å². The molecule has 0 aromatic heterocycles. The van der Waals surface area contributed by atoms with Crippen molar-refractivity contribution in [2.45, 2.75) is 18.6 Å². The molecule has 2 rings (SSSR count). The third-order valence-corrected chi connectivity index (χ3v) is 4.85. The number of nitrogens with one attached hydrogen (secondary N) is 1. The van der Waals surface area contributed by atoms with Gasteiger partial charge in [0.2, 0.25) is 5.91 Å². The maximum Gasteiger partial charge on any atom is 0.225 e. The van der Waals surface area contributed by atoms with Crippen LogP contribution in [-0.2, 0) is 4.79 Å². The Bertz CT molecular complexity index is 649. The number of amides is 1. The molecule has 0 saturated carbocycles. The molecule has 1 amide bonds. The Morgan fingerprint density at radius 1 is 1.26 bits per heavy atom. The molecule has 0 spiro atoms. The SMILES string of the molecule is COc1ccc(Cl)cc1NC(=O)CCS[C@@H](C)c1ccccc1. The number of methoxy groups -OCH3 is 1. The van der Waals surface area contributed by atoms with Crippen LogP contribution >= 0.6 is 23.4 Å². The average molecular weight is 350 g/mol. The summed E-state index contributed by atoms with van der Waals surface area (Å²) in [4.78, 5) is 12.1. The molecule has 0 aliphatic rings. The predicted molar refractivity (Wildman–Crippen MR) is 98.6 cm³/mol. The summed E-state index contributed by atoms with van der Waals surface area (Å²) in [6.45, 7) is 2.15. The molecule has 0 heterocycles. The molecule has 0 radical (unpaired) electrons. The summed E-state index contributed by atoms with van der Waals surface area (Å²) < 4.78 is 5.22. The molecule has 1 N–H and O–H groups in total. The quantitative estimate of drug-likeness (QED) is 0.749. The van der Waals surface area contributed by atoms with Crippen LogP contribution in [0.5, 0.6) is 5.75 Å². The van der Waals surface area contributed by atoms with Gasteiger partial charge in [0.25, 0.3) is 0 Å². The molecular weight excluding hydrogens is 330 g/mol. The zero-order valence-electron chi connectivity index (χ0n) is 13.2. The predicted octanol–water partition coefficient (Wildman–Crippen LogP) is 5.17. The van der Waals surface area contributed by atoms with E-state index in [-0.39, 0.29) is 5.91 Å². The Balaban J connectivity index is 1.83. The number of ether oxygens (including phenoxy) is 1. The summed E-state index contributed by atoms with van der Waals surface area (Å²) in [5.41, 5.74) is 1.88. The number of carbonyl (C=O) groups excluding carboxylic acids is 1. The van der Waals surface area contributed by atoms with Gasteiger partial charge >= 0.3 is 0 Å². The van der Waals surface area contributed by atoms with Crippen LogP contribution in [0, 0.1) is 0 Å². The fraction of sp³-hybridized carbons (Fsp3) is 0.278. The molecule has 5 heteroatoms. The lowest BCUT2D eigenvalue weighted by atomic mass is 10.2. The normalized spacial score (nSPS) is 11.8.